The van der Waals surface area contributed by atoms with E-state index in [0.717, 1.165) is 11.1 Å². The Hall–Kier alpha value is -6.30. The highest BCUT2D eigenvalue weighted by Crippen LogP contribution is 2.31. The minimum absolute atomic E-state index is 0.0461. The molecule has 0 radical (unpaired) electrons. The van der Waals surface area contributed by atoms with Crippen molar-refractivity contribution in [2.45, 2.75) is 139 Å². The van der Waals surface area contributed by atoms with Gasteiger partial charge in [-0.3, -0.25) is 0 Å². The number of aliphatic hydroxyl groups excluding tert-OH is 2. The van der Waals surface area contributed by atoms with Crippen LogP contribution in [0, 0.1) is 33.5 Å². The summed E-state index contributed by atoms with van der Waals surface area (Å²) >= 11 is 0. The first-order valence-electron chi connectivity index (χ1n) is 26.2. The molecular weight excluding hydrogens is 1050 g/mol. The summed E-state index contributed by atoms with van der Waals surface area (Å²) in [4.78, 5) is 25.5. The minimum Gasteiger partial charge on any atom is -0.497 e. The summed E-state index contributed by atoms with van der Waals surface area (Å²) in [5.41, 5.74) is -0.145. The maximum Gasteiger partial charge on any atom is 0.407 e. The summed E-state index contributed by atoms with van der Waals surface area (Å²) in [5.74, 6) is 1.03. The fourth-order valence-electron chi connectivity index (χ4n) is 8.57. The highest BCUT2D eigenvalue weighted by Gasteiger charge is 2.37. The number of carbonyl (C=O) groups excluding carboxylic acids is 2. The number of aliphatic hydroxyl groups is 2. The number of benzene rings is 4. The van der Waals surface area contributed by atoms with Gasteiger partial charge in [-0.1, -0.05) is 88.4 Å². The van der Waals surface area contributed by atoms with Crippen LogP contribution in [0.1, 0.15) is 91.7 Å². The standard InChI is InChI=1S/C29H39N3O7S.C29H41N3O6S/c1-29(2,15-7-16-30)21-32(40(35,36)25-12-10-23(37-3)11-13-25)19-27(33)26(18-22-8-5-4-6-9-22)31-28(34)39-24-14-17-38-20-24;1-28(2,3)38-27(34)31-25(19-22-11-8-7-9-12-22)26(33)20-32(21-29(4,5)17-10-18-30)39(35,36)24-15-13-23(37-6)14-16-24/h4-6,8-13,24,26-27,33H,7,14-15,17-21H2,1-3H3,(H,31,34);7-9,11-16,25-26,33H,10,17,19-21H2,1-6H3,(H,31,34)/t24?,26-,27+;25-,26+/m00/s1. The summed E-state index contributed by atoms with van der Waals surface area (Å²) < 4.78 is 84.2. The molecule has 1 saturated heterocycles. The van der Waals surface area contributed by atoms with E-state index >= 15 is 0 Å². The molecule has 0 aromatic heterocycles. The first kappa shape index (κ1) is 65.2. The van der Waals surface area contributed by atoms with Crippen LogP contribution in [0.25, 0.3) is 0 Å². The second kappa shape index (κ2) is 30.3. The Morgan fingerprint density at radius 3 is 1.38 bits per heavy atom. The summed E-state index contributed by atoms with van der Waals surface area (Å²) in [6.07, 6.45) is -1.74. The molecule has 1 heterocycles. The third kappa shape index (κ3) is 22.0. The number of methoxy groups -OCH3 is 2. The lowest BCUT2D eigenvalue weighted by atomic mass is 9.88. The van der Waals surface area contributed by atoms with Gasteiger partial charge in [0.2, 0.25) is 20.0 Å². The Labute approximate surface area is 467 Å². The van der Waals surface area contributed by atoms with E-state index in [2.05, 4.69) is 22.8 Å². The smallest absolute Gasteiger partial charge is 0.407 e. The molecule has 0 spiro atoms. The molecule has 21 heteroatoms. The van der Waals surface area contributed by atoms with E-state index in [9.17, 15) is 36.6 Å². The van der Waals surface area contributed by atoms with E-state index < -0.39 is 73.0 Å². The van der Waals surface area contributed by atoms with E-state index in [0.29, 0.717) is 44.0 Å². The highest BCUT2D eigenvalue weighted by atomic mass is 32.2. The number of ether oxygens (including phenoxy) is 5. The van der Waals surface area contributed by atoms with Gasteiger partial charge < -0.3 is 44.5 Å². The molecule has 0 saturated carbocycles. The van der Waals surface area contributed by atoms with Crippen molar-refractivity contribution in [1.82, 2.24) is 19.2 Å². The quantitative estimate of drug-likeness (QED) is 0.0440. The molecule has 5 rings (SSSR count). The number of nitriles is 2. The van der Waals surface area contributed by atoms with Gasteiger partial charge in [-0.05, 0) is 117 Å². The van der Waals surface area contributed by atoms with Gasteiger partial charge in [-0.2, -0.15) is 19.1 Å². The molecule has 432 valence electrons. The minimum atomic E-state index is -4.06. The zero-order chi connectivity index (χ0) is 58.4. The van der Waals surface area contributed by atoms with Gasteiger partial charge in [-0.15, -0.1) is 0 Å². The normalized spacial score (nSPS) is 15.5. The molecule has 4 N–H and O–H groups in total. The number of hydrogen-bond acceptors (Lipinski definition) is 15. The molecule has 4 aromatic carbocycles. The Kier molecular flexibility index (Phi) is 25.0. The molecule has 0 bridgehead atoms. The Morgan fingerprint density at radius 1 is 0.646 bits per heavy atom. The van der Waals surface area contributed by atoms with Crippen LogP contribution >= 0.6 is 0 Å². The maximum atomic E-state index is 13.8. The van der Waals surface area contributed by atoms with Crippen molar-refractivity contribution in [1.29, 1.82) is 10.5 Å². The zero-order valence-corrected chi connectivity index (χ0v) is 48.6. The van der Waals surface area contributed by atoms with Crippen molar-refractivity contribution >= 4 is 32.2 Å². The lowest BCUT2D eigenvalue weighted by molar-refractivity contribution is 0.0392. The second-order valence-electron chi connectivity index (χ2n) is 22.0. The highest BCUT2D eigenvalue weighted by molar-refractivity contribution is 7.89. The van der Waals surface area contributed by atoms with Gasteiger partial charge in [0.15, 0.2) is 0 Å². The van der Waals surface area contributed by atoms with E-state index in [4.69, 9.17) is 34.2 Å². The average molecular weight is 1130 g/mol. The molecule has 0 aliphatic carbocycles. The van der Waals surface area contributed by atoms with Gasteiger partial charge in [-0.25, -0.2) is 26.4 Å². The lowest BCUT2D eigenvalue weighted by Crippen LogP contribution is -2.52. The van der Waals surface area contributed by atoms with E-state index in [1.54, 1.807) is 45.0 Å². The van der Waals surface area contributed by atoms with Crippen molar-refractivity contribution in [2.24, 2.45) is 10.8 Å². The molecule has 5 atom stereocenters. The van der Waals surface area contributed by atoms with Crippen LogP contribution in [0.2, 0.25) is 0 Å². The lowest BCUT2D eigenvalue weighted by Gasteiger charge is -2.35. The largest absolute Gasteiger partial charge is 0.497 e. The summed E-state index contributed by atoms with van der Waals surface area (Å²) in [5, 5.41) is 46.5. The van der Waals surface area contributed by atoms with Crippen LogP contribution in [0.4, 0.5) is 9.59 Å². The molecule has 2 amide bonds. The predicted molar refractivity (Wildman–Crippen MR) is 299 cm³/mol. The molecular formula is C58H80N6O13S2. The Bertz CT molecular complexity index is 2810. The molecule has 79 heavy (non-hydrogen) atoms. The number of rotatable bonds is 27. The maximum absolute atomic E-state index is 13.8. The average Bonchev–Trinajstić information content (AvgIpc) is 3.93. The van der Waals surface area contributed by atoms with E-state index in [1.807, 2.05) is 88.4 Å². The molecule has 1 aliphatic heterocycles. The first-order chi connectivity index (χ1) is 37.2. The molecule has 4 aromatic rings. The molecule has 1 fully saturated rings. The predicted octanol–water partition coefficient (Wildman–Crippen LogP) is 8.02. The van der Waals surface area contributed by atoms with Gasteiger partial charge in [0.05, 0.1) is 73.7 Å². The number of carbonyl (C=O) groups is 2. The SMILES string of the molecule is COc1ccc(S(=O)(=O)N(C[C@@H](O)[C@H](Cc2ccccc2)NC(=O)OC(C)(C)C)CC(C)(C)CCC#N)cc1.COc1ccc(S(=O)(=O)N(C[C@@H](O)[C@H](Cc2ccccc2)NC(=O)OC2CCOC2)CC(C)(C)CCC#N)cc1. The van der Waals surface area contributed by atoms with Crippen LogP contribution in [-0.4, -0.2) is 137 Å². The van der Waals surface area contributed by atoms with Crippen molar-refractivity contribution in [3.63, 3.8) is 0 Å². The second-order valence-corrected chi connectivity index (χ2v) is 25.9. The van der Waals surface area contributed by atoms with Gasteiger partial charge >= 0.3 is 12.2 Å². The number of sulfonamides is 2. The van der Waals surface area contributed by atoms with E-state index in [-0.39, 0.29) is 67.8 Å². The van der Waals surface area contributed by atoms with Crippen molar-refractivity contribution in [3.05, 3.63) is 120 Å². The first-order valence-corrected chi connectivity index (χ1v) is 29.1. The van der Waals surface area contributed by atoms with Crippen LogP contribution in [-0.2, 0) is 47.1 Å². The number of alkyl carbamates (subject to hydrolysis) is 2. The number of amides is 2. The molecule has 19 nitrogen and oxygen atoms in total. The monoisotopic (exact) mass is 1130 g/mol. The van der Waals surface area contributed by atoms with Crippen LogP contribution in [0.15, 0.2) is 119 Å². The van der Waals surface area contributed by atoms with Crippen molar-refractivity contribution in [2.75, 3.05) is 53.6 Å². The Morgan fingerprint density at radius 2 is 1.04 bits per heavy atom. The number of nitrogens with one attached hydrogen (secondary N) is 2. The van der Waals surface area contributed by atoms with Crippen LogP contribution < -0.4 is 20.1 Å². The fraction of sp³-hybridized carbons (Fsp3) is 0.517. The van der Waals surface area contributed by atoms with Crippen LogP contribution in [0.3, 0.4) is 0 Å². The number of nitrogens with zero attached hydrogens (tertiary/aromatic N) is 4. The third-order valence-corrected chi connectivity index (χ3v) is 16.6. The Balaban J connectivity index is 0.000000341. The van der Waals surface area contributed by atoms with Crippen LogP contribution in [0.5, 0.6) is 11.5 Å². The molecule has 1 aliphatic rings. The van der Waals surface area contributed by atoms with Crippen molar-refractivity contribution in [3.8, 4) is 23.6 Å². The third-order valence-electron chi connectivity index (χ3n) is 12.9. The van der Waals surface area contributed by atoms with E-state index in [1.165, 1.54) is 47.1 Å². The summed E-state index contributed by atoms with van der Waals surface area (Å²) in [6.45, 7) is 13.1. The molecule has 1 unspecified atom stereocenters. The zero-order valence-electron chi connectivity index (χ0n) is 47.0. The van der Waals surface area contributed by atoms with Gasteiger partial charge in [0.25, 0.3) is 0 Å². The van der Waals surface area contributed by atoms with Gasteiger partial charge in [0.1, 0.15) is 23.2 Å². The number of hydrogen-bond donors (Lipinski definition) is 4. The summed E-state index contributed by atoms with van der Waals surface area (Å²) in [7, 11) is -5.12. The summed E-state index contributed by atoms with van der Waals surface area (Å²) in [6, 6.07) is 33.2. The van der Waals surface area contributed by atoms with Gasteiger partial charge in [0, 0.05) is 45.4 Å². The topological polar surface area (TPSA) is 267 Å². The van der Waals surface area contributed by atoms with Crippen molar-refractivity contribution < 1.29 is 60.3 Å². The fourth-order valence-corrected chi connectivity index (χ4v) is 11.9.